The van der Waals surface area contributed by atoms with Crippen LogP contribution in [0.25, 0.3) is 0 Å². The van der Waals surface area contributed by atoms with Gasteiger partial charge in [-0.25, -0.2) is 0 Å². The zero-order valence-corrected chi connectivity index (χ0v) is 9.39. The molecule has 2 heteroatoms. The van der Waals surface area contributed by atoms with E-state index >= 15 is 0 Å². The van der Waals surface area contributed by atoms with Crippen molar-refractivity contribution in [2.75, 3.05) is 0 Å². The molecule has 1 atom stereocenters. The van der Waals surface area contributed by atoms with Crippen LogP contribution in [0.4, 0.5) is 0 Å². The van der Waals surface area contributed by atoms with Gasteiger partial charge in [-0.15, -0.1) is 0 Å². The molecule has 1 aliphatic carbocycles. The summed E-state index contributed by atoms with van der Waals surface area (Å²) in [6.07, 6.45) is 10.9. The van der Waals surface area contributed by atoms with Gasteiger partial charge in [-0.3, -0.25) is 5.41 Å². The predicted molar refractivity (Wildman–Crippen MR) is 61.5 cm³/mol. The number of nitrogens with two attached hydrogens (primary N) is 1. The van der Waals surface area contributed by atoms with Gasteiger partial charge in [0.2, 0.25) is 0 Å². The Hall–Kier alpha value is -0.530. The Bertz CT molecular complexity index is 169. The highest BCUT2D eigenvalue weighted by Gasteiger charge is 2.15. The van der Waals surface area contributed by atoms with Crippen molar-refractivity contribution >= 4 is 5.84 Å². The standard InChI is InChI=1S/C12H24N2/c1-10(12(13)14)9-11-7-5-3-2-4-6-8-11/h10-11H,2-9H2,1H3,(H3,13,14). The van der Waals surface area contributed by atoms with Gasteiger partial charge < -0.3 is 5.73 Å². The number of hydrogen-bond donors (Lipinski definition) is 2. The Kier molecular flexibility index (Phi) is 4.99. The molecule has 1 saturated carbocycles. The molecular weight excluding hydrogens is 172 g/mol. The van der Waals surface area contributed by atoms with Crippen molar-refractivity contribution in [2.24, 2.45) is 17.6 Å². The molecule has 0 saturated heterocycles. The van der Waals surface area contributed by atoms with Crippen LogP contribution in [0.5, 0.6) is 0 Å². The summed E-state index contributed by atoms with van der Waals surface area (Å²) in [5, 5.41) is 7.39. The topological polar surface area (TPSA) is 49.9 Å². The van der Waals surface area contributed by atoms with E-state index in [0.717, 1.165) is 12.3 Å². The van der Waals surface area contributed by atoms with Crippen molar-refractivity contribution in [3.8, 4) is 0 Å². The smallest absolute Gasteiger partial charge is 0.0934 e. The minimum absolute atomic E-state index is 0.291. The van der Waals surface area contributed by atoms with Gasteiger partial charge in [0.15, 0.2) is 0 Å². The van der Waals surface area contributed by atoms with E-state index in [1.54, 1.807) is 0 Å². The second-order valence-electron chi connectivity index (χ2n) is 4.80. The molecule has 2 nitrogen and oxygen atoms in total. The van der Waals surface area contributed by atoms with Gasteiger partial charge in [0.1, 0.15) is 0 Å². The average Bonchev–Trinajstić information content (AvgIpc) is 2.08. The molecule has 0 amide bonds. The highest BCUT2D eigenvalue weighted by Crippen LogP contribution is 2.27. The minimum Gasteiger partial charge on any atom is -0.387 e. The largest absolute Gasteiger partial charge is 0.387 e. The molecule has 1 unspecified atom stereocenters. The maximum absolute atomic E-state index is 7.39. The first-order valence-corrected chi connectivity index (χ1v) is 6.04. The SMILES string of the molecule is CC(CC1CCCCCCC1)C(=N)N. The lowest BCUT2D eigenvalue weighted by molar-refractivity contribution is 0.339. The molecular formula is C12H24N2. The fraction of sp³-hybridized carbons (Fsp3) is 0.917. The first-order valence-electron chi connectivity index (χ1n) is 6.04. The van der Waals surface area contributed by atoms with Crippen molar-refractivity contribution in [2.45, 2.75) is 58.3 Å². The molecule has 82 valence electrons. The van der Waals surface area contributed by atoms with Crippen LogP contribution in [0.3, 0.4) is 0 Å². The van der Waals surface area contributed by atoms with E-state index < -0.39 is 0 Å². The van der Waals surface area contributed by atoms with Crippen LogP contribution in [-0.4, -0.2) is 5.84 Å². The molecule has 0 aromatic carbocycles. The fourth-order valence-electron chi connectivity index (χ4n) is 2.40. The summed E-state index contributed by atoms with van der Waals surface area (Å²) in [5.74, 6) is 1.49. The number of rotatable bonds is 3. The molecule has 0 aromatic heterocycles. The molecule has 0 bridgehead atoms. The van der Waals surface area contributed by atoms with E-state index in [4.69, 9.17) is 11.1 Å². The van der Waals surface area contributed by atoms with Crippen molar-refractivity contribution in [3.05, 3.63) is 0 Å². The summed E-state index contributed by atoms with van der Waals surface area (Å²) < 4.78 is 0. The van der Waals surface area contributed by atoms with E-state index in [1.165, 1.54) is 44.9 Å². The van der Waals surface area contributed by atoms with Crippen LogP contribution in [0.2, 0.25) is 0 Å². The van der Waals surface area contributed by atoms with Crippen molar-refractivity contribution in [1.82, 2.24) is 0 Å². The first-order chi connectivity index (χ1) is 6.70. The van der Waals surface area contributed by atoms with Crippen molar-refractivity contribution in [3.63, 3.8) is 0 Å². The third kappa shape index (κ3) is 4.12. The summed E-state index contributed by atoms with van der Waals surface area (Å²) in [7, 11) is 0. The minimum atomic E-state index is 0.291. The summed E-state index contributed by atoms with van der Waals surface area (Å²) in [6, 6.07) is 0. The van der Waals surface area contributed by atoms with Crippen LogP contribution < -0.4 is 5.73 Å². The molecule has 0 aliphatic heterocycles. The lowest BCUT2D eigenvalue weighted by atomic mass is 9.85. The maximum atomic E-state index is 7.39. The van der Waals surface area contributed by atoms with E-state index in [-0.39, 0.29) is 0 Å². The molecule has 1 fully saturated rings. The van der Waals surface area contributed by atoms with Crippen LogP contribution in [-0.2, 0) is 0 Å². The van der Waals surface area contributed by atoms with Crippen LogP contribution in [0, 0.1) is 17.2 Å². The fourth-order valence-corrected chi connectivity index (χ4v) is 2.40. The molecule has 1 aliphatic rings. The van der Waals surface area contributed by atoms with Crippen LogP contribution in [0.15, 0.2) is 0 Å². The van der Waals surface area contributed by atoms with Gasteiger partial charge in [0.25, 0.3) is 0 Å². The lowest BCUT2D eigenvalue weighted by Crippen LogP contribution is -2.22. The summed E-state index contributed by atoms with van der Waals surface area (Å²) in [5.41, 5.74) is 5.51. The zero-order chi connectivity index (χ0) is 10.4. The number of hydrogen-bond acceptors (Lipinski definition) is 1. The monoisotopic (exact) mass is 196 g/mol. The van der Waals surface area contributed by atoms with Crippen LogP contribution in [0.1, 0.15) is 58.3 Å². The van der Waals surface area contributed by atoms with Gasteiger partial charge in [-0.05, 0) is 12.3 Å². The van der Waals surface area contributed by atoms with E-state index in [1.807, 2.05) is 0 Å². The maximum Gasteiger partial charge on any atom is 0.0934 e. The normalized spacial score (nSPS) is 22.4. The number of amidine groups is 1. The number of nitrogens with one attached hydrogen (secondary N) is 1. The predicted octanol–water partition coefficient (Wildman–Crippen LogP) is 3.31. The quantitative estimate of drug-likeness (QED) is 0.528. The molecule has 1 rings (SSSR count). The van der Waals surface area contributed by atoms with Crippen molar-refractivity contribution < 1.29 is 0 Å². The van der Waals surface area contributed by atoms with E-state index in [2.05, 4.69) is 6.92 Å². The van der Waals surface area contributed by atoms with Crippen molar-refractivity contribution in [1.29, 1.82) is 5.41 Å². The molecule has 0 radical (unpaired) electrons. The highest BCUT2D eigenvalue weighted by molar-refractivity contribution is 5.79. The third-order valence-corrected chi connectivity index (χ3v) is 3.44. The van der Waals surface area contributed by atoms with E-state index in [9.17, 15) is 0 Å². The molecule has 0 heterocycles. The molecule has 0 aromatic rings. The van der Waals surface area contributed by atoms with Gasteiger partial charge in [-0.2, -0.15) is 0 Å². The summed E-state index contributed by atoms with van der Waals surface area (Å²) in [6.45, 7) is 2.08. The Morgan fingerprint density at radius 1 is 1.21 bits per heavy atom. The van der Waals surface area contributed by atoms with E-state index in [0.29, 0.717) is 11.8 Å². The highest BCUT2D eigenvalue weighted by atomic mass is 14.7. The molecule has 14 heavy (non-hydrogen) atoms. The first kappa shape index (κ1) is 11.5. The van der Waals surface area contributed by atoms with Gasteiger partial charge in [0.05, 0.1) is 5.84 Å². The Morgan fingerprint density at radius 3 is 2.21 bits per heavy atom. The van der Waals surface area contributed by atoms with Gasteiger partial charge in [0, 0.05) is 5.92 Å². The Balaban J connectivity index is 2.29. The second kappa shape index (κ2) is 6.05. The Labute approximate surface area is 87.8 Å². The van der Waals surface area contributed by atoms with Crippen LogP contribution >= 0.6 is 0 Å². The summed E-state index contributed by atoms with van der Waals surface area (Å²) in [4.78, 5) is 0. The second-order valence-corrected chi connectivity index (χ2v) is 4.80. The zero-order valence-electron chi connectivity index (χ0n) is 9.39. The van der Waals surface area contributed by atoms with Gasteiger partial charge >= 0.3 is 0 Å². The third-order valence-electron chi connectivity index (χ3n) is 3.44. The molecule has 3 N–H and O–H groups in total. The van der Waals surface area contributed by atoms with Gasteiger partial charge in [-0.1, -0.05) is 51.9 Å². The summed E-state index contributed by atoms with van der Waals surface area (Å²) >= 11 is 0. The lowest BCUT2D eigenvalue weighted by Gasteiger charge is -2.22. The molecule has 0 spiro atoms. The average molecular weight is 196 g/mol. The Morgan fingerprint density at radius 2 is 1.71 bits per heavy atom.